The number of esters is 1. The quantitative estimate of drug-likeness (QED) is 0.287. The fourth-order valence-corrected chi connectivity index (χ4v) is 3.76. The van der Waals surface area contributed by atoms with Crippen molar-refractivity contribution in [2.24, 2.45) is 0 Å². The fourth-order valence-electron chi connectivity index (χ4n) is 2.97. The highest BCUT2D eigenvalue weighted by Crippen LogP contribution is 2.27. The highest BCUT2D eigenvalue weighted by Gasteiger charge is 2.34. The number of amides is 2. The standard InChI is InChI=1S/C21H27Cl2N3O5S/c1-2-3-10-31-19(28)13-16-20(29)24-8-9-26(16)21(32)25-18(27)5-4-11-30-17-7-6-14(22)12-15(17)23/h6-7,12,16H,2-5,8-11,13H2,1H3,(H,24,29)(H,25,27,32). The van der Waals surface area contributed by atoms with Gasteiger partial charge in [-0.1, -0.05) is 36.5 Å². The number of carbonyl (C=O) groups excluding carboxylic acids is 3. The smallest absolute Gasteiger partial charge is 0.308 e. The van der Waals surface area contributed by atoms with E-state index in [0.29, 0.717) is 41.9 Å². The summed E-state index contributed by atoms with van der Waals surface area (Å²) in [7, 11) is 0. The first kappa shape index (κ1) is 26.2. The molecule has 0 aliphatic carbocycles. The van der Waals surface area contributed by atoms with Crippen molar-refractivity contribution in [3.05, 3.63) is 28.2 Å². The van der Waals surface area contributed by atoms with Crippen LogP contribution in [-0.2, 0) is 19.1 Å². The van der Waals surface area contributed by atoms with Gasteiger partial charge >= 0.3 is 5.97 Å². The van der Waals surface area contributed by atoms with E-state index in [4.69, 9.17) is 44.9 Å². The van der Waals surface area contributed by atoms with Crippen molar-refractivity contribution in [3.63, 3.8) is 0 Å². The Morgan fingerprint density at radius 1 is 1.28 bits per heavy atom. The van der Waals surface area contributed by atoms with Gasteiger partial charge in [-0.25, -0.2) is 0 Å². The van der Waals surface area contributed by atoms with Crippen LogP contribution in [0, 0.1) is 0 Å². The Morgan fingerprint density at radius 3 is 2.78 bits per heavy atom. The first-order valence-corrected chi connectivity index (χ1v) is 11.6. The summed E-state index contributed by atoms with van der Waals surface area (Å²) in [5.74, 6) is -0.623. The second-order valence-electron chi connectivity index (χ2n) is 7.16. The van der Waals surface area contributed by atoms with Crippen LogP contribution < -0.4 is 15.4 Å². The van der Waals surface area contributed by atoms with Crippen LogP contribution >= 0.6 is 35.4 Å². The van der Waals surface area contributed by atoms with Gasteiger partial charge in [0.25, 0.3) is 0 Å². The Hall–Kier alpha value is -2.10. The van der Waals surface area contributed by atoms with Crippen molar-refractivity contribution >= 4 is 58.3 Å². The predicted octanol–water partition coefficient (Wildman–Crippen LogP) is 3.09. The van der Waals surface area contributed by atoms with Crippen LogP contribution in [0.2, 0.25) is 10.0 Å². The van der Waals surface area contributed by atoms with Crippen LogP contribution in [0.15, 0.2) is 18.2 Å². The monoisotopic (exact) mass is 503 g/mol. The molecule has 2 amide bonds. The molecule has 1 atom stereocenters. The number of ether oxygens (including phenoxy) is 2. The normalized spacial score (nSPS) is 15.7. The van der Waals surface area contributed by atoms with Crippen molar-refractivity contribution in [2.45, 2.75) is 45.1 Å². The van der Waals surface area contributed by atoms with Crippen LogP contribution in [0.25, 0.3) is 0 Å². The number of benzene rings is 1. The van der Waals surface area contributed by atoms with Gasteiger partial charge in [-0.2, -0.15) is 0 Å². The molecule has 1 fully saturated rings. The van der Waals surface area contributed by atoms with Crippen LogP contribution in [0.4, 0.5) is 0 Å². The Labute approximate surface area is 202 Å². The fraction of sp³-hybridized carbons (Fsp3) is 0.524. The molecule has 1 saturated heterocycles. The molecule has 2 N–H and O–H groups in total. The summed E-state index contributed by atoms with van der Waals surface area (Å²) in [6, 6.07) is 4.09. The molecule has 1 heterocycles. The number of nitrogens with zero attached hydrogens (tertiary/aromatic N) is 1. The molecular formula is C21H27Cl2N3O5S. The Bertz CT molecular complexity index is 840. The molecule has 11 heteroatoms. The van der Waals surface area contributed by atoms with E-state index >= 15 is 0 Å². The van der Waals surface area contributed by atoms with Crippen LogP contribution in [0.5, 0.6) is 5.75 Å². The van der Waals surface area contributed by atoms with Crippen molar-refractivity contribution in [3.8, 4) is 5.75 Å². The van der Waals surface area contributed by atoms with E-state index in [1.54, 1.807) is 23.1 Å². The summed E-state index contributed by atoms with van der Waals surface area (Å²) in [5.41, 5.74) is 0. The van der Waals surface area contributed by atoms with E-state index in [2.05, 4.69) is 10.6 Å². The predicted molar refractivity (Wildman–Crippen MR) is 126 cm³/mol. The molecule has 1 aliphatic rings. The molecule has 2 rings (SSSR count). The van der Waals surface area contributed by atoms with Gasteiger partial charge in [0.05, 0.1) is 24.7 Å². The average molecular weight is 504 g/mol. The van der Waals surface area contributed by atoms with E-state index in [0.717, 1.165) is 12.8 Å². The minimum atomic E-state index is -0.818. The molecule has 0 saturated carbocycles. The number of piperazine rings is 1. The van der Waals surface area contributed by atoms with Crippen LogP contribution in [0.3, 0.4) is 0 Å². The zero-order valence-corrected chi connectivity index (χ0v) is 20.2. The number of rotatable bonds is 10. The molecule has 1 aliphatic heterocycles. The number of carbonyl (C=O) groups is 3. The molecule has 32 heavy (non-hydrogen) atoms. The molecule has 0 bridgehead atoms. The third kappa shape index (κ3) is 8.44. The van der Waals surface area contributed by atoms with Gasteiger partial charge in [-0.15, -0.1) is 0 Å². The van der Waals surface area contributed by atoms with E-state index in [9.17, 15) is 14.4 Å². The van der Waals surface area contributed by atoms with Crippen molar-refractivity contribution in [2.75, 3.05) is 26.3 Å². The van der Waals surface area contributed by atoms with Gasteiger partial charge in [-0.3, -0.25) is 14.4 Å². The summed E-state index contributed by atoms with van der Waals surface area (Å²) in [6.45, 7) is 3.33. The third-order valence-electron chi connectivity index (χ3n) is 4.66. The molecule has 0 aromatic heterocycles. The maximum atomic E-state index is 12.3. The maximum Gasteiger partial charge on any atom is 0.308 e. The summed E-state index contributed by atoms with van der Waals surface area (Å²) in [6.07, 6.45) is 2.11. The number of nitrogens with one attached hydrogen (secondary N) is 2. The maximum absolute atomic E-state index is 12.3. The van der Waals surface area contributed by atoms with E-state index in [-0.39, 0.29) is 36.4 Å². The molecule has 1 unspecified atom stereocenters. The van der Waals surface area contributed by atoms with Crippen molar-refractivity contribution < 1.29 is 23.9 Å². The summed E-state index contributed by atoms with van der Waals surface area (Å²) in [4.78, 5) is 38.2. The Morgan fingerprint density at radius 2 is 2.06 bits per heavy atom. The van der Waals surface area contributed by atoms with Crippen LogP contribution in [0.1, 0.15) is 39.0 Å². The molecular weight excluding hydrogens is 477 g/mol. The minimum Gasteiger partial charge on any atom is -0.492 e. The lowest BCUT2D eigenvalue weighted by Crippen LogP contribution is -2.60. The van der Waals surface area contributed by atoms with Crippen molar-refractivity contribution in [1.82, 2.24) is 15.5 Å². The minimum absolute atomic E-state index is 0.109. The molecule has 0 radical (unpaired) electrons. The van der Waals surface area contributed by atoms with Crippen LogP contribution in [-0.4, -0.2) is 60.1 Å². The van der Waals surface area contributed by atoms with Gasteiger partial charge in [0.15, 0.2) is 5.11 Å². The Balaban J connectivity index is 1.79. The largest absolute Gasteiger partial charge is 0.492 e. The molecule has 8 nitrogen and oxygen atoms in total. The van der Waals surface area contributed by atoms with Gasteiger partial charge in [0.1, 0.15) is 11.8 Å². The lowest BCUT2D eigenvalue weighted by molar-refractivity contribution is -0.147. The number of halogens is 2. The number of hydrogen-bond acceptors (Lipinski definition) is 6. The SMILES string of the molecule is CCCCOC(=O)CC1C(=O)NCCN1C(=S)NC(=O)CCCOc1ccc(Cl)cc1Cl. The van der Waals surface area contributed by atoms with E-state index < -0.39 is 12.0 Å². The number of hydrogen-bond donors (Lipinski definition) is 2. The Kier molecular flexibility index (Phi) is 11.0. The van der Waals surface area contributed by atoms with Crippen molar-refractivity contribution in [1.29, 1.82) is 0 Å². The third-order valence-corrected chi connectivity index (χ3v) is 5.53. The lowest BCUT2D eigenvalue weighted by Gasteiger charge is -2.36. The highest BCUT2D eigenvalue weighted by atomic mass is 35.5. The van der Waals surface area contributed by atoms with Gasteiger partial charge in [0.2, 0.25) is 11.8 Å². The summed E-state index contributed by atoms with van der Waals surface area (Å²) in [5, 5.41) is 6.35. The zero-order valence-electron chi connectivity index (χ0n) is 17.8. The zero-order chi connectivity index (χ0) is 23.5. The summed E-state index contributed by atoms with van der Waals surface area (Å²) < 4.78 is 10.7. The average Bonchev–Trinajstić information content (AvgIpc) is 2.74. The number of unbranched alkanes of at least 4 members (excludes halogenated alkanes) is 1. The lowest BCUT2D eigenvalue weighted by atomic mass is 10.1. The highest BCUT2D eigenvalue weighted by molar-refractivity contribution is 7.80. The first-order chi connectivity index (χ1) is 15.3. The van der Waals surface area contributed by atoms with E-state index in [1.807, 2.05) is 6.92 Å². The molecule has 176 valence electrons. The topological polar surface area (TPSA) is 97.0 Å². The van der Waals surface area contributed by atoms with Gasteiger partial charge < -0.3 is 25.0 Å². The number of thiocarbonyl (C=S) groups is 1. The molecule has 0 spiro atoms. The molecule has 1 aromatic rings. The molecule has 1 aromatic carbocycles. The second-order valence-corrected chi connectivity index (χ2v) is 8.39. The van der Waals surface area contributed by atoms with Gasteiger partial charge in [0, 0.05) is 24.5 Å². The summed E-state index contributed by atoms with van der Waals surface area (Å²) >= 11 is 17.2. The van der Waals surface area contributed by atoms with Gasteiger partial charge in [-0.05, 0) is 43.3 Å². The van der Waals surface area contributed by atoms with E-state index in [1.165, 1.54) is 0 Å². The second kappa shape index (κ2) is 13.4. The first-order valence-electron chi connectivity index (χ1n) is 10.4.